The Balaban J connectivity index is 1.94. The first kappa shape index (κ1) is 14.2. The second-order valence-corrected chi connectivity index (χ2v) is 4.85. The molecule has 2 rings (SSSR count). The van der Waals surface area contributed by atoms with Gasteiger partial charge in [0.05, 0.1) is 12.1 Å². The van der Waals surface area contributed by atoms with Crippen molar-refractivity contribution < 1.29 is 9.18 Å². The van der Waals surface area contributed by atoms with E-state index in [2.05, 4.69) is 10.4 Å². The van der Waals surface area contributed by atoms with Crippen molar-refractivity contribution in [1.29, 1.82) is 0 Å². The molecule has 2 aromatic rings. The second kappa shape index (κ2) is 5.86. The predicted octanol–water partition coefficient (Wildman–Crippen LogP) is 2.03. The van der Waals surface area contributed by atoms with Gasteiger partial charge in [0, 0.05) is 24.8 Å². The molecule has 0 atom stereocenters. The zero-order chi connectivity index (χ0) is 14.7. The monoisotopic (exact) mass is 275 g/mol. The molecule has 0 unspecified atom stereocenters. The molecule has 0 radical (unpaired) electrons. The molecule has 0 aliphatic rings. The van der Waals surface area contributed by atoms with Crippen LogP contribution in [0.5, 0.6) is 0 Å². The molecule has 0 aliphatic carbocycles. The Bertz CT molecular complexity index is 617. The Morgan fingerprint density at radius 1 is 1.30 bits per heavy atom. The molecule has 0 aliphatic heterocycles. The lowest BCUT2D eigenvalue weighted by Gasteiger charge is -2.06. The summed E-state index contributed by atoms with van der Waals surface area (Å²) in [6.07, 6.45) is 0.312. The van der Waals surface area contributed by atoms with Gasteiger partial charge in [-0.05, 0) is 31.5 Å². The molecule has 1 aromatic heterocycles. The number of hydrogen-bond donors (Lipinski definition) is 1. The van der Waals surface area contributed by atoms with Crippen LogP contribution in [0.3, 0.4) is 0 Å². The molecular formula is C15H18FN3O. The van der Waals surface area contributed by atoms with Crippen molar-refractivity contribution in [3.63, 3.8) is 0 Å². The number of carbonyl (C=O) groups excluding carboxylic acids is 1. The van der Waals surface area contributed by atoms with Gasteiger partial charge in [0.25, 0.3) is 0 Å². The summed E-state index contributed by atoms with van der Waals surface area (Å²) in [5.41, 5.74) is 3.71. The molecule has 0 fully saturated rings. The summed E-state index contributed by atoms with van der Waals surface area (Å²) in [7, 11) is 1.86. The topological polar surface area (TPSA) is 46.9 Å². The summed E-state index contributed by atoms with van der Waals surface area (Å²) in [4.78, 5) is 11.9. The van der Waals surface area contributed by atoms with Crippen LogP contribution in [0.1, 0.15) is 22.5 Å². The molecular weight excluding hydrogens is 257 g/mol. The normalized spacial score (nSPS) is 10.6. The van der Waals surface area contributed by atoms with E-state index in [0.717, 1.165) is 22.5 Å². The van der Waals surface area contributed by atoms with Gasteiger partial charge in [-0.25, -0.2) is 4.39 Å². The van der Waals surface area contributed by atoms with E-state index in [0.29, 0.717) is 13.0 Å². The Kier molecular flexibility index (Phi) is 4.17. The first-order valence-electron chi connectivity index (χ1n) is 6.47. The van der Waals surface area contributed by atoms with Crippen LogP contribution < -0.4 is 5.32 Å². The van der Waals surface area contributed by atoms with Crippen molar-refractivity contribution in [2.24, 2.45) is 7.05 Å². The van der Waals surface area contributed by atoms with E-state index < -0.39 is 0 Å². The minimum atomic E-state index is -0.276. The van der Waals surface area contributed by atoms with Crippen molar-refractivity contribution >= 4 is 5.91 Å². The number of amides is 1. The number of hydrogen-bond acceptors (Lipinski definition) is 2. The summed E-state index contributed by atoms with van der Waals surface area (Å²) in [5.74, 6) is -0.338. The molecule has 106 valence electrons. The number of nitrogens with one attached hydrogen (secondary N) is 1. The minimum Gasteiger partial charge on any atom is -0.352 e. The summed E-state index contributed by atoms with van der Waals surface area (Å²) in [6.45, 7) is 4.25. The number of aryl methyl sites for hydroxylation is 2. The van der Waals surface area contributed by atoms with E-state index >= 15 is 0 Å². The maximum atomic E-state index is 12.8. The lowest BCUT2D eigenvalue weighted by atomic mass is 10.1. The van der Waals surface area contributed by atoms with Crippen LogP contribution in [-0.2, 0) is 24.8 Å². The number of nitrogens with zero attached hydrogens (tertiary/aromatic N) is 2. The highest BCUT2D eigenvalue weighted by Crippen LogP contribution is 2.12. The Labute approximate surface area is 117 Å². The van der Waals surface area contributed by atoms with Gasteiger partial charge < -0.3 is 5.32 Å². The molecule has 1 aromatic carbocycles. The highest BCUT2D eigenvalue weighted by Gasteiger charge is 2.13. The molecule has 1 N–H and O–H groups in total. The predicted molar refractivity (Wildman–Crippen MR) is 74.6 cm³/mol. The summed E-state index contributed by atoms with van der Waals surface area (Å²) in [6, 6.07) is 6.10. The van der Waals surface area contributed by atoms with Gasteiger partial charge >= 0.3 is 0 Å². The number of rotatable bonds is 4. The van der Waals surface area contributed by atoms with Gasteiger partial charge in [0.1, 0.15) is 5.82 Å². The van der Waals surface area contributed by atoms with Crippen molar-refractivity contribution in [3.05, 3.63) is 52.6 Å². The number of benzene rings is 1. The van der Waals surface area contributed by atoms with Crippen LogP contribution in [0, 0.1) is 19.7 Å². The first-order chi connectivity index (χ1) is 9.47. The third kappa shape index (κ3) is 3.23. The quantitative estimate of drug-likeness (QED) is 0.928. The van der Waals surface area contributed by atoms with E-state index in [4.69, 9.17) is 0 Å². The van der Waals surface area contributed by atoms with Crippen molar-refractivity contribution in [3.8, 4) is 0 Å². The number of halogens is 1. The van der Waals surface area contributed by atoms with Crippen LogP contribution in [0.15, 0.2) is 24.3 Å². The molecule has 0 saturated carbocycles. The van der Waals surface area contributed by atoms with Gasteiger partial charge in [-0.3, -0.25) is 9.48 Å². The first-order valence-corrected chi connectivity index (χ1v) is 6.47. The van der Waals surface area contributed by atoms with E-state index in [1.54, 1.807) is 16.8 Å². The molecule has 1 amide bonds. The van der Waals surface area contributed by atoms with E-state index in [1.165, 1.54) is 12.1 Å². The third-order valence-corrected chi connectivity index (χ3v) is 3.40. The average molecular weight is 275 g/mol. The largest absolute Gasteiger partial charge is 0.352 e. The van der Waals surface area contributed by atoms with Crippen molar-refractivity contribution in [2.75, 3.05) is 0 Å². The van der Waals surface area contributed by atoms with E-state index in [-0.39, 0.29) is 11.7 Å². The van der Waals surface area contributed by atoms with Gasteiger partial charge in [0.15, 0.2) is 0 Å². The van der Waals surface area contributed by atoms with Crippen LogP contribution in [0.2, 0.25) is 0 Å². The van der Waals surface area contributed by atoms with Crippen LogP contribution in [0.25, 0.3) is 0 Å². The SMILES string of the molecule is Cc1nn(C)c(C)c1CC(=O)NCc1ccc(F)cc1. The number of carbonyl (C=O) groups is 1. The Morgan fingerprint density at radius 2 is 1.95 bits per heavy atom. The summed E-state index contributed by atoms with van der Waals surface area (Å²) >= 11 is 0. The van der Waals surface area contributed by atoms with Crippen LogP contribution in [-0.4, -0.2) is 15.7 Å². The van der Waals surface area contributed by atoms with E-state index in [9.17, 15) is 9.18 Å². The van der Waals surface area contributed by atoms with Gasteiger partial charge in [-0.2, -0.15) is 5.10 Å². The molecule has 0 bridgehead atoms. The maximum Gasteiger partial charge on any atom is 0.224 e. The molecule has 0 spiro atoms. The second-order valence-electron chi connectivity index (χ2n) is 4.85. The fourth-order valence-electron chi connectivity index (χ4n) is 2.10. The molecule has 20 heavy (non-hydrogen) atoms. The third-order valence-electron chi connectivity index (χ3n) is 3.40. The summed E-state index contributed by atoms with van der Waals surface area (Å²) in [5, 5.41) is 7.12. The van der Waals surface area contributed by atoms with Crippen LogP contribution >= 0.6 is 0 Å². The highest BCUT2D eigenvalue weighted by molar-refractivity contribution is 5.79. The number of aromatic nitrogens is 2. The average Bonchev–Trinajstić information content (AvgIpc) is 2.65. The maximum absolute atomic E-state index is 12.8. The van der Waals surface area contributed by atoms with Crippen molar-refractivity contribution in [1.82, 2.24) is 15.1 Å². The zero-order valence-corrected chi connectivity index (χ0v) is 11.9. The minimum absolute atomic E-state index is 0.0616. The highest BCUT2D eigenvalue weighted by atomic mass is 19.1. The fraction of sp³-hybridized carbons (Fsp3) is 0.333. The molecule has 4 nitrogen and oxygen atoms in total. The van der Waals surface area contributed by atoms with E-state index in [1.807, 2.05) is 20.9 Å². The van der Waals surface area contributed by atoms with Gasteiger partial charge in [-0.1, -0.05) is 12.1 Å². The lowest BCUT2D eigenvalue weighted by molar-refractivity contribution is -0.120. The van der Waals surface area contributed by atoms with Crippen molar-refractivity contribution in [2.45, 2.75) is 26.8 Å². The molecule has 0 saturated heterocycles. The molecule has 1 heterocycles. The Morgan fingerprint density at radius 3 is 2.50 bits per heavy atom. The van der Waals surface area contributed by atoms with Gasteiger partial charge in [-0.15, -0.1) is 0 Å². The molecule has 5 heteroatoms. The van der Waals surface area contributed by atoms with Crippen LogP contribution in [0.4, 0.5) is 4.39 Å². The summed E-state index contributed by atoms with van der Waals surface area (Å²) < 4.78 is 14.5. The zero-order valence-electron chi connectivity index (χ0n) is 11.9. The smallest absolute Gasteiger partial charge is 0.224 e. The van der Waals surface area contributed by atoms with Gasteiger partial charge in [0.2, 0.25) is 5.91 Å². The standard InChI is InChI=1S/C15H18FN3O/c1-10-14(11(2)19(3)18-10)8-15(20)17-9-12-4-6-13(16)7-5-12/h4-7H,8-9H2,1-3H3,(H,17,20). The lowest BCUT2D eigenvalue weighted by Crippen LogP contribution is -2.25. The fourth-order valence-corrected chi connectivity index (χ4v) is 2.10. The Hall–Kier alpha value is -2.17.